The normalized spacial score (nSPS) is 16.1. The third-order valence-corrected chi connectivity index (χ3v) is 2.72. The topological polar surface area (TPSA) is 26.3 Å². The van der Waals surface area contributed by atoms with Gasteiger partial charge in [-0.1, -0.05) is 35.9 Å². The van der Waals surface area contributed by atoms with E-state index in [0.717, 1.165) is 5.56 Å². The van der Waals surface area contributed by atoms with Crippen LogP contribution in [-0.2, 0) is 14.9 Å². The van der Waals surface area contributed by atoms with Gasteiger partial charge < -0.3 is 4.74 Å². The van der Waals surface area contributed by atoms with Crippen molar-refractivity contribution in [3.63, 3.8) is 0 Å². The molecule has 0 saturated carbocycles. The van der Waals surface area contributed by atoms with Crippen LogP contribution < -0.4 is 0 Å². The quantitative estimate of drug-likeness (QED) is 0.581. The minimum Gasteiger partial charge on any atom is -0.464 e. The molecule has 0 amide bonds. The first-order valence-electron chi connectivity index (χ1n) is 4.72. The number of esters is 1. The zero-order valence-corrected chi connectivity index (χ0v) is 9.12. The molecular formula is C12H11ClO2. The van der Waals surface area contributed by atoms with E-state index in [1.807, 2.05) is 36.4 Å². The molecule has 0 radical (unpaired) electrons. The van der Waals surface area contributed by atoms with Crippen LogP contribution in [0.1, 0.15) is 12.5 Å². The van der Waals surface area contributed by atoms with E-state index < -0.39 is 0 Å². The lowest BCUT2D eigenvalue weighted by molar-refractivity contribution is -0.141. The number of hydrogen-bond acceptors (Lipinski definition) is 2. The maximum Gasteiger partial charge on any atom is 0.302 e. The average molecular weight is 223 g/mol. The fourth-order valence-corrected chi connectivity index (χ4v) is 1.58. The first-order chi connectivity index (χ1) is 7.12. The highest BCUT2D eigenvalue weighted by atomic mass is 35.5. The maximum absolute atomic E-state index is 10.7. The Morgan fingerprint density at radius 3 is 2.40 bits per heavy atom. The van der Waals surface area contributed by atoms with Crippen molar-refractivity contribution in [2.45, 2.75) is 12.3 Å². The molecule has 2 rings (SSSR count). The second kappa shape index (κ2) is 3.70. The van der Waals surface area contributed by atoms with Crippen molar-refractivity contribution in [1.82, 2.24) is 0 Å². The summed E-state index contributed by atoms with van der Waals surface area (Å²) in [6.07, 6.45) is 4.05. The molecule has 1 aromatic carbocycles. The summed E-state index contributed by atoms with van der Waals surface area (Å²) in [5.74, 6) is -0.253. The number of carbonyl (C=O) groups is 1. The van der Waals surface area contributed by atoms with Crippen molar-refractivity contribution in [2.75, 3.05) is 6.61 Å². The van der Waals surface area contributed by atoms with Crippen molar-refractivity contribution in [3.8, 4) is 0 Å². The van der Waals surface area contributed by atoms with E-state index in [2.05, 4.69) is 0 Å². The third kappa shape index (κ3) is 2.21. The summed E-state index contributed by atoms with van der Waals surface area (Å²) >= 11 is 5.80. The highest BCUT2D eigenvalue weighted by molar-refractivity contribution is 6.30. The molecule has 0 N–H and O–H groups in total. The first-order valence-corrected chi connectivity index (χ1v) is 5.10. The fraction of sp³-hybridized carbons (Fsp3) is 0.250. The van der Waals surface area contributed by atoms with Crippen molar-refractivity contribution in [2.24, 2.45) is 0 Å². The van der Waals surface area contributed by atoms with Gasteiger partial charge in [0.1, 0.15) is 6.61 Å². The number of ether oxygens (including phenoxy) is 1. The van der Waals surface area contributed by atoms with Crippen LogP contribution in [0.4, 0.5) is 0 Å². The minimum atomic E-state index is -0.253. The molecule has 1 aliphatic carbocycles. The molecular weight excluding hydrogens is 212 g/mol. The van der Waals surface area contributed by atoms with Crippen LogP contribution in [0.15, 0.2) is 36.4 Å². The largest absolute Gasteiger partial charge is 0.464 e. The third-order valence-electron chi connectivity index (χ3n) is 2.46. The van der Waals surface area contributed by atoms with Gasteiger partial charge in [0.05, 0.1) is 5.41 Å². The Bertz CT molecular complexity index is 400. The second-order valence-corrected chi connectivity index (χ2v) is 4.10. The minimum absolute atomic E-state index is 0.184. The van der Waals surface area contributed by atoms with Gasteiger partial charge in [0.25, 0.3) is 0 Å². The van der Waals surface area contributed by atoms with Crippen LogP contribution in [0, 0.1) is 0 Å². The number of carbonyl (C=O) groups excluding carboxylic acids is 1. The highest BCUT2D eigenvalue weighted by Gasteiger charge is 2.37. The van der Waals surface area contributed by atoms with Gasteiger partial charge in [-0.05, 0) is 17.7 Å². The molecule has 0 aliphatic heterocycles. The lowest BCUT2D eigenvalue weighted by Gasteiger charge is -2.15. The summed E-state index contributed by atoms with van der Waals surface area (Å²) < 4.78 is 5.02. The Morgan fingerprint density at radius 1 is 1.33 bits per heavy atom. The van der Waals surface area contributed by atoms with Crippen LogP contribution >= 0.6 is 11.6 Å². The average Bonchev–Trinajstić information content (AvgIpc) is 2.97. The predicted octanol–water partition coefficient (Wildman–Crippen LogP) is 2.71. The Labute approximate surface area is 93.5 Å². The van der Waals surface area contributed by atoms with Crippen molar-refractivity contribution < 1.29 is 9.53 Å². The summed E-state index contributed by atoms with van der Waals surface area (Å²) in [6.45, 7) is 1.79. The van der Waals surface area contributed by atoms with Gasteiger partial charge in [-0.3, -0.25) is 4.79 Å². The van der Waals surface area contributed by atoms with E-state index in [1.165, 1.54) is 6.92 Å². The SMILES string of the molecule is CC(=O)OCC1(c2ccc(Cl)cc2)C=C1. The number of hydrogen-bond donors (Lipinski definition) is 0. The predicted molar refractivity (Wildman–Crippen MR) is 58.9 cm³/mol. The molecule has 0 aromatic heterocycles. The van der Waals surface area contributed by atoms with E-state index >= 15 is 0 Å². The van der Waals surface area contributed by atoms with Gasteiger partial charge in [0, 0.05) is 11.9 Å². The Balaban J connectivity index is 2.09. The highest BCUT2D eigenvalue weighted by Crippen LogP contribution is 2.39. The van der Waals surface area contributed by atoms with E-state index in [-0.39, 0.29) is 11.4 Å². The van der Waals surface area contributed by atoms with Crippen LogP contribution in [-0.4, -0.2) is 12.6 Å². The van der Waals surface area contributed by atoms with Gasteiger partial charge in [-0.2, -0.15) is 0 Å². The smallest absolute Gasteiger partial charge is 0.302 e. The van der Waals surface area contributed by atoms with Gasteiger partial charge in [-0.25, -0.2) is 0 Å². The molecule has 1 aromatic rings. The molecule has 15 heavy (non-hydrogen) atoms. The van der Waals surface area contributed by atoms with E-state index in [0.29, 0.717) is 11.6 Å². The van der Waals surface area contributed by atoms with Crippen molar-refractivity contribution in [3.05, 3.63) is 47.0 Å². The number of benzene rings is 1. The zero-order valence-electron chi connectivity index (χ0n) is 8.37. The van der Waals surface area contributed by atoms with Crippen molar-refractivity contribution >= 4 is 17.6 Å². The molecule has 0 unspecified atom stereocenters. The first kappa shape index (κ1) is 10.2. The summed E-state index contributed by atoms with van der Waals surface area (Å²) in [5.41, 5.74) is 0.921. The molecule has 0 saturated heterocycles. The summed E-state index contributed by atoms with van der Waals surface area (Å²) in [7, 11) is 0. The molecule has 78 valence electrons. The Kier molecular flexibility index (Phi) is 2.53. The fourth-order valence-electron chi connectivity index (χ4n) is 1.45. The Hall–Kier alpha value is -1.28. The molecule has 0 bridgehead atoms. The Morgan fingerprint density at radius 2 is 1.93 bits per heavy atom. The summed E-state index contributed by atoms with van der Waals surface area (Å²) in [5, 5.41) is 0.710. The summed E-state index contributed by atoms with van der Waals surface area (Å²) in [4.78, 5) is 10.7. The van der Waals surface area contributed by atoms with E-state index in [9.17, 15) is 4.79 Å². The molecule has 0 spiro atoms. The lowest BCUT2D eigenvalue weighted by atomic mass is 9.95. The van der Waals surface area contributed by atoms with E-state index in [1.54, 1.807) is 0 Å². The maximum atomic E-state index is 10.7. The number of rotatable bonds is 3. The van der Waals surface area contributed by atoms with Crippen LogP contribution in [0.3, 0.4) is 0 Å². The summed E-state index contributed by atoms with van der Waals surface area (Å²) in [6, 6.07) is 7.58. The molecule has 2 nitrogen and oxygen atoms in total. The van der Waals surface area contributed by atoms with Crippen LogP contribution in [0.2, 0.25) is 5.02 Å². The van der Waals surface area contributed by atoms with Crippen molar-refractivity contribution in [1.29, 1.82) is 0 Å². The molecule has 0 heterocycles. The van der Waals surface area contributed by atoms with Gasteiger partial charge in [0.15, 0.2) is 0 Å². The molecule has 3 heteroatoms. The second-order valence-electron chi connectivity index (χ2n) is 3.66. The molecule has 0 atom stereocenters. The van der Waals surface area contributed by atoms with Crippen LogP contribution in [0.25, 0.3) is 0 Å². The van der Waals surface area contributed by atoms with Gasteiger partial charge in [-0.15, -0.1) is 0 Å². The number of halogens is 1. The van der Waals surface area contributed by atoms with Crippen LogP contribution in [0.5, 0.6) is 0 Å². The molecule has 1 aliphatic rings. The molecule has 0 fully saturated rings. The monoisotopic (exact) mass is 222 g/mol. The van der Waals surface area contributed by atoms with Gasteiger partial charge in [0.2, 0.25) is 0 Å². The van der Waals surface area contributed by atoms with E-state index in [4.69, 9.17) is 16.3 Å². The van der Waals surface area contributed by atoms with Gasteiger partial charge >= 0.3 is 5.97 Å². The lowest BCUT2D eigenvalue weighted by Crippen LogP contribution is -2.18. The standard InChI is InChI=1S/C12H11ClO2/c1-9(14)15-8-12(6-7-12)10-2-4-11(13)5-3-10/h2-7H,8H2,1H3. The zero-order chi connectivity index (χ0) is 10.9.